The minimum Gasteiger partial charge on any atom is -0.506 e. The number of amides is 1. The molecule has 0 aliphatic rings. The SMILES string of the molecule is Cc1ccc(O)c(NC(=O)C[C@H](NCCc2ccccc2)C(=O)O)c1. The molecule has 25 heavy (non-hydrogen) atoms. The number of nitrogens with one attached hydrogen (secondary N) is 2. The van der Waals surface area contributed by atoms with Gasteiger partial charge in [-0.25, -0.2) is 0 Å². The summed E-state index contributed by atoms with van der Waals surface area (Å²) < 4.78 is 0. The Balaban J connectivity index is 1.88. The summed E-state index contributed by atoms with van der Waals surface area (Å²) >= 11 is 0. The number of aryl methyl sites for hydroxylation is 1. The molecule has 0 fully saturated rings. The maximum atomic E-state index is 12.1. The summed E-state index contributed by atoms with van der Waals surface area (Å²) in [5.41, 5.74) is 2.25. The van der Waals surface area contributed by atoms with Crippen LogP contribution in [0, 0.1) is 6.92 Å². The number of carboxylic acid groups (broad SMARTS) is 1. The van der Waals surface area contributed by atoms with Crippen LogP contribution < -0.4 is 10.6 Å². The highest BCUT2D eigenvalue weighted by molar-refractivity contribution is 5.95. The minimum absolute atomic E-state index is 0.0529. The number of rotatable bonds is 8. The molecule has 6 nitrogen and oxygen atoms in total. The fourth-order valence-corrected chi connectivity index (χ4v) is 2.42. The number of aliphatic carboxylic acids is 1. The Morgan fingerprint density at radius 3 is 2.52 bits per heavy atom. The van der Waals surface area contributed by atoms with Gasteiger partial charge in [0.2, 0.25) is 5.91 Å². The Hall–Kier alpha value is -2.86. The molecule has 4 N–H and O–H groups in total. The van der Waals surface area contributed by atoms with Crippen molar-refractivity contribution in [2.75, 3.05) is 11.9 Å². The smallest absolute Gasteiger partial charge is 0.321 e. The van der Waals surface area contributed by atoms with Gasteiger partial charge in [-0.2, -0.15) is 0 Å². The molecule has 2 aromatic rings. The lowest BCUT2D eigenvalue weighted by Gasteiger charge is -2.15. The predicted molar refractivity (Wildman–Crippen MR) is 95.7 cm³/mol. The van der Waals surface area contributed by atoms with E-state index in [-0.39, 0.29) is 17.9 Å². The fourth-order valence-electron chi connectivity index (χ4n) is 2.42. The molecule has 0 aliphatic carbocycles. The van der Waals surface area contributed by atoms with Crippen molar-refractivity contribution in [3.63, 3.8) is 0 Å². The normalized spacial score (nSPS) is 11.7. The maximum absolute atomic E-state index is 12.1. The summed E-state index contributed by atoms with van der Waals surface area (Å²) in [6.07, 6.45) is 0.447. The van der Waals surface area contributed by atoms with E-state index in [1.54, 1.807) is 12.1 Å². The zero-order valence-corrected chi connectivity index (χ0v) is 14.0. The third kappa shape index (κ3) is 5.93. The number of benzene rings is 2. The predicted octanol–water partition coefficient (Wildman–Crippen LogP) is 2.31. The Bertz CT molecular complexity index is 731. The maximum Gasteiger partial charge on any atom is 0.321 e. The summed E-state index contributed by atoms with van der Waals surface area (Å²) in [7, 11) is 0. The molecule has 0 unspecified atom stereocenters. The number of anilines is 1. The molecule has 0 aliphatic heterocycles. The zero-order chi connectivity index (χ0) is 18.2. The Kier molecular flexibility index (Phi) is 6.54. The number of carbonyl (C=O) groups is 2. The summed E-state index contributed by atoms with van der Waals surface area (Å²) in [5, 5.41) is 24.5. The average molecular weight is 342 g/mol. The molecule has 2 aromatic carbocycles. The van der Waals surface area contributed by atoms with Crippen LogP contribution in [0.2, 0.25) is 0 Å². The molecule has 0 saturated carbocycles. The summed E-state index contributed by atoms with van der Waals surface area (Å²) in [6.45, 7) is 2.28. The molecule has 6 heteroatoms. The van der Waals surface area contributed by atoms with Crippen molar-refractivity contribution >= 4 is 17.6 Å². The van der Waals surface area contributed by atoms with Crippen LogP contribution in [-0.4, -0.2) is 34.7 Å². The van der Waals surface area contributed by atoms with Crippen molar-refractivity contribution in [1.82, 2.24) is 5.32 Å². The molecule has 2 rings (SSSR count). The fraction of sp³-hybridized carbons (Fsp3) is 0.263. The van der Waals surface area contributed by atoms with E-state index in [4.69, 9.17) is 0 Å². The van der Waals surface area contributed by atoms with Crippen LogP contribution in [0.25, 0.3) is 0 Å². The molecule has 0 bridgehead atoms. The van der Waals surface area contributed by atoms with E-state index in [9.17, 15) is 19.8 Å². The zero-order valence-electron chi connectivity index (χ0n) is 14.0. The third-order valence-corrected chi connectivity index (χ3v) is 3.76. The van der Waals surface area contributed by atoms with Gasteiger partial charge in [-0.3, -0.25) is 9.59 Å². The lowest BCUT2D eigenvalue weighted by atomic mass is 10.1. The van der Waals surface area contributed by atoms with Gasteiger partial charge < -0.3 is 20.8 Å². The van der Waals surface area contributed by atoms with Crippen LogP contribution in [0.15, 0.2) is 48.5 Å². The van der Waals surface area contributed by atoms with E-state index < -0.39 is 17.9 Å². The monoisotopic (exact) mass is 342 g/mol. The van der Waals surface area contributed by atoms with Gasteiger partial charge in [0.15, 0.2) is 0 Å². The topological polar surface area (TPSA) is 98.7 Å². The largest absolute Gasteiger partial charge is 0.506 e. The van der Waals surface area contributed by atoms with Gasteiger partial charge in [0.05, 0.1) is 12.1 Å². The van der Waals surface area contributed by atoms with Gasteiger partial charge in [0.25, 0.3) is 0 Å². The molecule has 0 heterocycles. The van der Waals surface area contributed by atoms with Crippen LogP contribution in [0.1, 0.15) is 17.5 Å². The number of hydrogen-bond acceptors (Lipinski definition) is 4. The number of aromatic hydroxyl groups is 1. The van der Waals surface area contributed by atoms with E-state index in [2.05, 4.69) is 10.6 Å². The van der Waals surface area contributed by atoms with Crippen molar-refractivity contribution in [1.29, 1.82) is 0 Å². The van der Waals surface area contributed by atoms with Gasteiger partial charge in [-0.05, 0) is 43.1 Å². The van der Waals surface area contributed by atoms with Gasteiger partial charge in [0, 0.05) is 0 Å². The van der Waals surface area contributed by atoms with Crippen molar-refractivity contribution in [2.24, 2.45) is 0 Å². The summed E-state index contributed by atoms with van der Waals surface area (Å²) in [5.74, 6) is -1.61. The third-order valence-electron chi connectivity index (χ3n) is 3.76. The summed E-state index contributed by atoms with van der Waals surface area (Å²) in [6, 6.07) is 13.5. The molecular weight excluding hydrogens is 320 g/mol. The number of phenolic OH excluding ortho intramolecular Hbond substituents is 1. The Morgan fingerprint density at radius 1 is 1.12 bits per heavy atom. The first-order valence-corrected chi connectivity index (χ1v) is 8.05. The average Bonchev–Trinajstić information content (AvgIpc) is 2.58. The highest BCUT2D eigenvalue weighted by Crippen LogP contribution is 2.24. The molecule has 1 atom stereocenters. The van der Waals surface area contributed by atoms with Gasteiger partial charge in [-0.1, -0.05) is 36.4 Å². The highest BCUT2D eigenvalue weighted by atomic mass is 16.4. The van der Waals surface area contributed by atoms with Gasteiger partial charge in [0.1, 0.15) is 11.8 Å². The standard InChI is InChI=1S/C19H22N2O4/c1-13-7-8-17(22)15(11-13)21-18(23)12-16(19(24)25)20-10-9-14-5-3-2-4-6-14/h2-8,11,16,20,22H,9-10,12H2,1H3,(H,21,23)(H,24,25)/t16-/m0/s1. The lowest BCUT2D eigenvalue weighted by Crippen LogP contribution is -2.40. The number of carboxylic acids is 1. The van der Waals surface area contributed by atoms with Crippen LogP contribution in [0.4, 0.5) is 5.69 Å². The Morgan fingerprint density at radius 2 is 1.84 bits per heavy atom. The number of hydrogen-bond donors (Lipinski definition) is 4. The quantitative estimate of drug-likeness (QED) is 0.552. The van der Waals surface area contributed by atoms with Gasteiger partial charge >= 0.3 is 5.97 Å². The van der Waals surface area contributed by atoms with Crippen LogP contribution in [-0.2, 0) is 16.0 Å². The summed E-state index contributed by atoms with van der Waals surface area (Å²) in [4.78, 5) is 23.5. The lowest BCUT2D eigenvalue weighted by molar-refractivity contribution is -0.141. The molecule has 0 spiro atoms. The number of phenols is 1. The van der Waals surface area contributed by atoms with Crippen molar-refractivity contribution < 1.29 is 19.8 Å². The molecular formula is C19H22N2O4. The second-order valence-electron chi connectivity index (χ2n) is 5.85. The first-order valence-electron chi connectivity index (χ1n) is 8.05. The minimum atomic E-state index is -1.09. The van der Waals surface area contributed by atoms with Crippen LogP contribution >= 0.6 is 0 Å². The van der Waals surface area contributed by atoms with E-state index in [1.807, 2.05) is 37.3 Å². The van der Waals surface area contributed by atoms with E-state index in [0.717, 1.165) is 11.1 Å². The van der Waals surface area contributed by atoms with Crippen molar-refractivity contribution in [2.45, 2.75) is 25.8 Å². The molecule has 0 aromatic heterocycles. The van der Waals surface area contributed by atoms with E-state index >= 15 is 0 Å². The van der Waals surface area contributed by atoms with E-state index in [0.29, 0.717) is 13.0 Å². The molecule has 0 saturated heterocycles. The van der Waals surface area contributed by atoms with Gasteiger partial charge in [-0.15, -0.1) is 0 Å². The first kappa shape index (κ1) is 18.5. The highest BCUT2D eigenvalue weighted by Gasteiger charge is 2.21. The second kappa shape index (κ2) is 8.84. The molecule has 132 valence electrons. The van der Waals surface area contributed by atoms with Crippen molar-refractivity contribution in [3.8, 4) is 5.75 Å². The Labute approximate surface area is 146 Å². The molecule has 0 radical (unpaired) electrons. The van der Waals surface area contributed by atoms with E-state index in [1.165, 1.54) is 6.07 Å². The van der Waals surface area contributed by atoms with Crippen LogP contribution in [0.3, 0.4) is 0 Å². The second-order valence-corrected chi connectivity index (χ2v) is 5.85. The molecule has 1 amide bonds. The van der Waals surface area contributed by atoms with Crippen LogP contribution in [0.5, 0.6) is 5.75 Å². The number of carbonyl (C=O) groups excluding carboxylic acids is 1. The first-order chi connectivity index (χ1) is 12.0. The van der Waals surface area contributed by atoms with Crippen molar-refractivity contribution in [3.05, 3.63) is 59.7 Å².